The van der Waals surface area contributed by atoms with Gasteiger partial charge in [-0.1, -0.05) is 22.0 Å². The lowest BCUT2D eigenvalue weighted by Gasteiger charge is -2.13. The van der Waals surface area contributed by atoms with Crippen LogP contribution in [0.5, 0.6) is 0 Å². The second-order valence-electron chi connectivity index (χ2n) is 4.66. The lowest BCUT2D eigenvalue weighted by atomic mass is 10.2. The monoisotopic (exact) mass is 372 g/mol. The van der Waals surface area contributed by atoms with Gasteiger partial charge in [0, 0.05) is 4.47 Å². The third-order valence-electron chi connectivity index (χ3n) is 3.08. The Morgan fingerprint density at radius 1 is 1.24 bits per heavy atom. The van der Waals surface area contributed by atoms with Gasteiger partial charge >= 0.3 is 0 Å². The molecule has 0 amide bonds. The first-order valence-electron chi connectivity index (χ1n) is 6.06. The number of hydrogen-bond acceptors (Lipinski definition) is 3. The summed E-state index contributed by atoms with van der Waals surface area (Å²) in [7, 11) is -3.83. The van der Waals surface area contributed by atoms with Gasteiger partial charge in [0.2, 0.25) is 0 Å². The highest BCUT2D eigenvalue weighted by atomic mass is 79.9. The topological polar surface area (TPSA) is 72.2 Å². The molecule has 2 rings (SSSR count). The highest BCUT2D eigenvalue weighted by Crippen LogP contribution is 2.27. The quantitative estimate of drug-likeness (QED) is 0.808. The predicted octanol–water partition coefficient (Wildman–Crippen LogP) is 3.59. The molecular weight excluding hydrogens is 359 g/mol. The summed E-state index contributed by atoms with van der Waals surface area (Å²) < 4.78 is 41.5. The minimum atomic E-state index is -3.83. The number of nitrogens with two attached hydrogens (primary N) is 1. The van der Waals surface area contributed by atoms with Gasteiger partial charge in [-0.15, -0.1) is 0 Å². The van der Waals surface area contributed by atoms with Crippen LogP contribution in [0.15, 0.2) is 39.7 Å². The number of aryl methyl sites for hydroxylation is 1. The van der Waals surface area contributed by atoms with Crippen LogP contribution in [0.3, 0.4) is 0 Å². The van der Waals surface area contributed by atoms with Gasteiger partial charge < -0.3 is 5.73 Å². The lowest BCUT2D eigenvalue weighted by Crippen LogP contribution is -2.15. The van der Waals surface area contributed by atoms with E-state index in [1.165, 1.54) is 13.0 Å². The molecule has 7 heteroatoms. The maximum atomic E-state index is 13.5. The second kappa shape index (κ2) is 5.65. The van der Waals surface area contributed by atoms with E-state index in [9.17, 15) is 12.8 Å². The SMILES string of the molecule is Cc1cc(S(=O)(=O)Nc2cccc(Br)c2C)cc(N)c1F. The number of sulfonamides is 1. The zero-order chi connectivity index (χ0) is 15.8. The second-order valence-corrected chi connectivity index (χ2v) is 7.20. The summed E-state index contributed by atoms with van der Waals surface area (Å²) in [4.78, 5) is -0.0710. The van der Waals surface area contributed by atoms with Gasteiger partial charge in [0.05, 0.1) is 16.3 Å². The number of nitrogens with one attached hydrogen (secondary N) is 1. The zero-order valence-corrected chi connectivity index (χ0v) is 13.8. The van der Waals surface area contributed by atoms with E-state index in [2.05, 4.69) is 20.7 Å². The fraction of sp³-hybridized carbons (Fsp3) is 0.143. The number of nitrogen functional groups attached to an aromatic ring is 1. The third-order valence-corrected chi connectivity index (χ3v) is 5.28. The molecule has 0 atom stereocenters. The molecule has 0 fully saturated rings. The molecule has 0 radical (unpaired) electrons. The van der Waals surface area contributed by atoms with Crippen LogP contribution >= 0.6 is 15.9 Å². The van der Waals surface area contributed by atoms with Crippen LogP contribution in [0, 0.1) is 19.7 Å². The molecule has 0 aliphatic heterocycles. The lowest BCUT2D eigenvalue weighted by molar-refractivity contribution is 0.599. The molecule has 0 saturated heterocycles. The molecular formula is C14H14BrFN2O2S. The van der Waals surface area contributed by atoms with E-state index in [1.807, 2.05) is 6.07 Å². The highest BCUT2D eigenvalue weighted by Gasteiger charge is 2.18. The largest absolute Gasteiger partial charge is 0.396 e. The van der Waals surface area contributed by atoms with Crippen molar-refractivity contribution >= 4 is 37.3 Å². The fourth-order valence-corrected chi connectivity index (χ4v) is 3.45. The maximum Gasteiger partial charge on any atom is 0.261 e. The third kappa shape index (κ3) is 3.19. The van der Waals surface area contributed by atoms with Crippen LogP contribution in [-0.2, 0) is 10.0 Å². The van der Waals surface area contributed by atoms with Crippen molar-refractivity contribution < 1.29 is 12.8 Å². The molecule has 2 aromatic carbocycles. The van der Waals surface area contributed by atoms with Gasteiger partial charge in [-0.2, -0.15) is 0 Å². The molecule has 0 unspecified atom stereocenters. The van der Waals surface area contributed by atoms with E-state index in [0.29, 0.717) is 5.69 Å². The van der Waals surface area contributed by atoms with Crippen molar-refractivity contribution in [3.8, 4) is 0 Å². The van der Waals surface area contributed by atoms with Crippen molar-refractivity contribution in [1.29, 1.82) is 0 Å². The van der Waals surface area contributed by atoms with Crippen molar-refractivity contribution in [2.45, 2.75) is 18.7 Å². The molecule has 2 aromatic rings. The van der Waals surface area contributed by atoms with Gasteiger partial charge in [-0.25, -0.2) is 12.8 Å². The zero-order valence-electron chi connectivity index (χ0n) is 11.4. The predicted molar refractivity (Wildman–Crippen MR) is 85.2 cm³/mol. The van der Waals surface area contributed by atoms with E-state index in [1.54, 1.807) is 19.1 Å². The molecule has 0 heterocycles. The van der Waals surface area contributed by atoms with Crippen LogP contribution in [0.2, 0.25) is 0 Å². The summed E-state index contributed by atoms with van der Waals surface area (Å²) in [6.07, 6.45) is 0. The van der Waals surface area contributed by atoms with E-state index >= 15 is 0 Å². The summed E-state index contributed by atoms with van der Waals surface area (Å²) in [6, 6.07) is 7.54. The Labute approximate surface area is 131 Å². The number of rotatable bonds is 3. The Morgan fingerprint density at radius 3 is 2.52 bits per heavy atom. The van der Waals surface area contributed by atoms with Crippen molar-refractivity contribution in [2.75, 3.05) is 10.5 Å². The van der Waals surface area contributed by atoms with Crippen LogP contribution in [0.25, 0.3) is 0 Å². The smallest absolute Gasteiger partial charge is 0.261 e. The normalized spacial score (nSPS) is 11.4. The molecule has 0 bridgehead atoms. The Bertz CT molecular complexity index is 784. The van der Waals surface area contributed by atoms with Gasteiger partial charge in [-0.3, -0.25) is 4.72 Å². The molecule has 112 valence electrons. The first-order chi connectivity index (χ1) is 9.72. The number of anilines is 2. The van der Waals surface area contributed by atoms with Crippen molar-refractivity contribution in [2.24, 2.45) is 0 Å². The molecule has 0 saturated carbocycles. The Morgan fingerprint density at radius 2 is 1.90 bits per heavy atom. The Kier molecular flexibility index (Phi) is 4.25. The number of benzene rings is 2. The van der Waals surface area contributed by atoms with Gasteiger partial charge in [0.25, 0.3) is 10.0 Å². The highest BCUT2D eigenvalue weighted by molar-refractivity contribution is 9.10. The first kappa shape index (κ1) is 15.8. The summed E-state index contributed by atoms with van der Waals surface area (Å²) in [5.41, 5.74) is 6.69. The van der Waals surface area contributed by atoms with Crippen molar-refractivity contribution in [3.63, 3.8) is 0 Å². The minimum absolute atomic E-state index is 0.0710. The Balaban J connectivity index is 2.46. The molecule has 0 aliphatic carbocycles. The van der Waals surface area contributed by atoms with Crippen molar-refractivity contribution in [3.05, 3.63) is 51.7 Å². The van der Waals surface area contributed by atoms with E-state index in [0.717, 1.165) is 16.1 Å². The average Bonchev–Trinajstić information content (AvgIpc) is 2.40. The minimum Gasteiger partial charge on any atom is -0.396 e. The number of hydrogen-bond donors (Lipinski definition) is 2. The molecule has 0 aliphatic rings. The van der Waals surface area contributed by atoms with E-state index < -0.39 is 15.8 Å². The van der Waals surface area contributed by atoms with Crippen LogP contribution in [0.4, 0.5) is 15.8 Å². The van der Waals surface area contributed by atoms with E-state index in [-0.39, 0.29) is 16.1 Å². The standard InChI is InChI=1S/C14H14BrFN2O2S/c1-8-6-10(7-12(17)14(8)16)21(19,20)18-13-5-3-4-11(15)9(13)2/h3-7,18H,17H2,1-2H3. The summed E-state index contributed by atoms with van der Waals surface area (Å²) in [5, 5.41) is 0. The Hall–Kier alpha value is -1.60. The fourth-order valence-electron chi connectivity index (χ4n) is 1.84. The molecule has 3 N–H and O–H groups in total. The molecule has 4 nitrogen and oxygen atoms in total. The molecule has 21 heavy (non-hydrogen) atoms. The summed E-state index contributed by atoms with van der Waals surface area (Å²) in [5.74, 6) is -0.604. The first-order valence-corrected chi connectivity index (χ1v) is 8.33. The van der Waals surface area contributed by atoms with Gasteiger partial charge in [-0.05, 0) is 49.2 Å². The van der Waals surface area contributed by atoms with Crippen molar-refractivity contribution in [1.82, 2.24) is 0 Å². The number of halogens is 2. The summed E-state index contributed by atoms with van der Waals surface area (Å²) in [6.45, 7) is 3.25. The molecule has 0 spiro atoms. The summed E-state index contributed by atoms with van der Waals surface area (Å²) >= 11 is 3.34. The average molecular weight is 373 g/mol. The van der Waals surface area contributed by atoms with Gasteiger partial charge in [0.1, 0.15) is 5.82 Å². The maximum absolute atomic E-state index is 13.5. The van der Waals surface area contributed by atoms with E-state index in [4.69, 9.17) is 5.73 Å². The van der Waals surface area contributed by atoms with Crippen LogP contribution < -0.4 is 10.5 Å². The van der Waals surface area contributed by atoms with Crippen LogP contribution in [-0.4, -0.2) is 8.42 Å². The van der Waals surface area contributed by atoms with Crippen LogP contribution in [0.1, 0.15) is 11.1 Å². The molecule has 0 aromatic heterocycles. The van der Waals surface area contributed by atoms with Gasteiger partial charge in [0.15, 0.2) is 0 Å².